The van der Waals surface area contributed by atoms with Gasteiger partial charge in [0.05, 0.1) is 37.8 Å². The van der Waals surface area contributed by atoms with Crippen molar-refractivity contribution >= 4 is 56.2 Å². The molecule has 1 heterocycles. The van der Waals surface area contributed by atoms with E-state index in [0.29, 0.717) is 16.5 Å². The number of nitrogens with one attached hydrogen (secondary N) is 1. The Kier molecular flexibility index (Phi) is 4.55. The third kappa shape index (κ3) is 3.51. The molecule has 0 fully saturated rings. The Hall–Kier alpha value is -4.80. The summed E-state index contributed by atoms with van der Waals surface area (Å²) in [7, 11) is 0. The van der Waals surface area contributed by atoms with Crippen LogP contribution in [-0.2, 0) is 0 Å². The number of carboxylic acids is 1. The number of hydrogen-bond acceptors (Lipinski definition) is 8. The number of nitro groups is 2. The van der Waals surface area contributed by atoms with Crippen molar-refractivity contribution in [2.24, 2.45) is 0 Å². The molecule has 0 bridgehead atoms. The number of fused-ring (bicyclic) bond motifs is 2. The van der Waals surface area contributed by atoms with E-state index in [1.807, 2.05) is 0 Å². The second-order valence-corrected chi connectivity index (χ2v) is 6.64. The second-order valence-electron chi connectivity index (χ2n) is 6.64. The Labute approximate surface area is 173 Å². The van der Waals surface area contributed by atoms with Crippen molar-refractivity contribution in [1.29, 1.82) is 0 Å². The molecule has 4 N–H and O–H groups in total. The summed E-state index contributed by atoms with van der Waals surface area (Å²) < 4.78 is 0. The van der Waals surface area contributed by atoms with Crippen LogP contribution < -0.4 is 11.1 Å². The highest BCUT2D eigenvalue weighted by molar-refractivity contribution is 6.10. The van der Waals surface area contributed by atoms with Gasteiger partial charge < -0.3 is 16.2 Å². The Morgan fingerprint density at radius 1 is 0.903 bits per heavy atom. The number of carbonyl (C=O) groups is 1. The summed E-state index contributed by atoms with van der Waals surface area (Å²) in [5, 5.41) is 35.9. The maximum atomic E-state index is 11.7. The van der Waals surface area contributed by atoms with Crippen molar-refractivity contribution in [1.82, 2.24) is 4.98 Å². The van der Waals surface area contributed by atoms with Gasteiger partial charge >= 0.3 is 5.97 Å². The van der Waals surface area contributed by atoms with Gasteiger partial charge in [-0.1, -0.05) is 0 Å². The fourth-order valence-electron chi connectivity index (χ4n) is 3.27. The highest BCUT2D eigenvalue weighted by Crippen LogP contribution is 2.37. The first-order chi connectivity index (χ1) is 14.7. The highest BCUT2D eigenvalue weighted by Gasteiger charge is 2.18. The van der Waals surface area contributed by atoms with Crippen molar-refractivity contribution in [2.75, 3.05) is 11.1 Å². The number of hydrogen-bond donors (Lipinski definition) is 3. The molecule has 11 nitrogen and oxygen atoms in total. The molecule has 11 heteroatoms. The Bertz CT molecular complexity index is 1350. The lowest BCUT2D eigenvalue weighted by molar-refractivity contribution is -0.384. The van der Waals surface area contributed by atoms with Crippen LogP contribution in [0.3, 0.4) is 0 Å². The van der Waals surface area contributed by atoms with E-state index in [0.717, 1.165) is 0 Å². The number of carboxylic acid groups (broad SMARTS) is 1. The molecule has 0 spiro atoms. The third-order valence-electron chi connectivity index (χ3n) is 4.70. The highest BCUT2D eigenvalue weighted by atomic mass is 16.6. The minimum atomic E-state index is -1.20. The van der Waals surface area contributed by atoms with E-state index >= 15 is 0 Å². The number of aromatic nitrogens is 1. The average molecular weight is 419 g/mol. The standard InChI is InChI=1S/C20H13N5O6/c21-10-1-6-16(15(7-10)20(26)27)23-19-13-4-2-11(24(28)29)8-17(13)22-18-9-12(25(30)31)3-5-14(18)19/h1-9H,21H2,(H,22,23)(H,26,27). The molecule has 31 heavy (non-hydrogen) atoms. The number of nitro benzene ring substituents is 2. The van der Waals surface area contributed by atoms with E-state index in [9.17, 15) is 30.1 Å². The molecule has 4 rings (SSSR count). The number of nitrogens with two attached hydrogens (primary N) is 1. The number of benzene rings is 3. The number of nitrogen functional groups attached to an aromatic ring is 1. The first-order valence-corrected chi connectivity index (χ1v) is 8.81. The largest absolute Gasteiger partial charge is 0.478 e. The average Bonchev–Trinajstić information content (AvgIpc) is 2.73. The molecule has 0 aliphatic carbocycles. The zero-order valence-electron chi connectivity index (χ0n) is 15.6. The maximum absolute atomic E-state index is 11.7. The molecule has 0 saturated carbocycles. The number of rotatable bonds is 5. The van der Waals surface area contributed by atoms with Gasteiger partial charge in [0.25, 0.3) is 11.4 Å². The lowest BCUT2D eigenvalue weighted by Gasteiger charge is -2.15. The van der Waals surface area contributed by atoms with Crippen LogP contribution >= 0.6 is 0 Å². The lowest BCUT2D eigenvalue weighted by Crippen LogP contribution is -2.05. The van der Waals surface area contributed by atoms with Gasteiger partial charge in [-0.25, -0.2) is 9.78 Å². The Balaban J connectivity index is 2.02. The minimum absolute atomic E-state index is 0.0815. The summed E-state index contributed by atoms with van der Waals surface area (Å²) in [6, 6.07) is 12.4. The number of pyridine rings is 1. The summed E-state index contributed by atoms with van der Waals surface area (Å²) in [4.78, 5) is 37.2. The number of nitrogens with zero attached hydrogens (tertiary/aromatic N) is 3. The minimum Gasteiger partial charge on any atom is -0.478 e. The quantitative estimate of drug-likeness (QED) is 0.185. The summed E-state index contributed by atoms with van der Waals surface area (Å²) in [6.45, 7) is 0. The van der Waals surface area contributed by atoms with E-state index in [1.165, 1.54) is 54.6 Å². The molecular weight excluding hydrogens is 406 g/mol. The van der Waals surface area contributed by atoms with Crippen LogP contribution in [0, 0.1) is 20.2 Å². The molecule has 0 atom stereocenters. The van der Waals surface area contributed by atoms with Gasteiger partial charge in [-0.3, -0.25) is 20.2 Å². The van der Waals surface area contributed by atoms with Crippen molar-refractivity contribution in [3.05, 3.63) is 80.4 Å². The predicted molar refractivity (Wildman–Crippen MR) is 114 cm³/mol. The fourth-order valence-corrected chi connectivity index (χ4v) is 3.27. The van der Waals surface area contributed by atoms with Gasteiger partial charge in [0.1, 0.15) is 0 Å². The zero-order valence-corrected chi connectivity index (χ0v) is 15.6. The summed E-state index contributed by atoms with van der Waals surface area (Å²) in [5.74, 6) is -1.20. The van der Waals surface area contributed by atoms with Gasteiger partial charge in [0.15, 0.2) is 0 Å². The number of aromatic carboxylic acids is 1. The molecule has 154 valence electrons. The van der Waals surface area contributed by atoms with Gasteiger partial charge in [-0.15, -0.1) is 0 Å². The lowest BCUT2D eigenvalue weighted by atomic mass is 10.1. The summed E-state index contributed by atoms with van der Waals surface area (Å²) in [5.41, 5.74) is 6.55. The number of non-ortho nitro benzene ring substituents is 2. The number of anilines is 3. The van der Waals surface area contributed by atoms with Crippen LogP contribution in [-0.4, -0.2) is 25.9 Å². The molecule has 0 radical (unpaired) electrons. The Morgan fingerprint density at radius 3 is 1.94 bits per heavy atom. The molecular formula is C20H13N5O6. The molecule has 4 aromatic rings. The summed E-state index contributed by atoms with van der Waals surface area (Å²) in [6.07, 6.45) is 0. The molecule has 0 amide bonds. The van der Waals surface area contributed by atoms with E-state index in [4.69, 9.17) is 5.73 Å². The van der Waals surface area contributed by atoms with Crippen molar-refractivity contribution in [2.45, 2.75) is 0 Å². The van der Waals surface area contributed by atoms with E-state index < -0.39 is 15.8 Å². The van der Waals surface area contributed by atoms with Crippen molar-refractivity contribution < 1.29 is 19.7 Å². The van der Waals surface area contributed by atoms with E-state index in [2.05, 4.69) is 10.3 Å². The van der Waals surface area contributed by atoms with E-state index in [-0.39, 0.29) is 39.3 Å². The summed E-state index contributed by atoms with van der Waals surface area (Å²) >= 11 is 0. The second kappa shape index (κ2) is 7.22. The predicted octanol–water partition coefficient (Wildman–Crippen LogP) is 4.23. The third-order valence-corrected chi connectivity index (χ3v) is 4.70. The topological polar surface area (TPSA) is 175 Å². The first-order valence-electron chi connectivity index (χ1n) is 8.81. The van der Waals surface area contributed by atoms with Gasteiger partial charge in [-0.05, 0) is 30.3 Å². The molecule has 1 aromatic heterocycles. The van der Waals surface area contributed by atoms with Gasteiger partial charge in [0.2, 0.25) is 0 Å². The fraction of sp³-hybridized carbons (Fsp3) is 0. The monoisotopic (exact) mass is 419 g/mol. The molecule has 3 aromatic carbocycles. The Morgan fingerprint density at radius 2 is 1.45 bits per heavy atom. The SMILES string of the molecule is Nc1ccc(Nc2c3ccc([N+](=O)[O-])cc3nc3cc([N+](=O)[O-])ccc23)c(C(=O)O)c1. The van der Waals surface area contributed by atoms with Gasteiger partial charge in [-0.2, -0.15) is 0 Å². The zero-order chi connectivity index (χ0) is 22.3. The van der Waals surface area contributed by atoms with Crippen LogP contribution in [0.15, 0.2) is 54.6 Å². The van der Waals surface area contributed by atoms with Gasteiger partial charge in [0, 0.05) is 40.7 Å². The van der Waals surface area contributed by atoms with E-state index in [1.54, 1.807) is 0 Å². The van der Waals surface area contributed by atoms with Crippen molar-refractivity contribution in [3.8, 4) is 0 Å². The normalized spacial score (nSPS) is 10.8. The molecule has 0 aliphatic rings. The van der Waals surface area contributed by atoms with Crippen LogP contribution in [0.25, 0.3) is 21.8 Å². The molecule has 0 saturated heterocycles. The first kappa shape index (κ1) is 19.5. The smallest absolute Gasteiger partial charge is 0.337 e. The maximum Gasteiger partial charge on any atom is 0.337 e. The van der Waals surface area contributed by atoms with Crippen LogP contribution in [0.4, 0.5) is 28.4 Å². The van der Waals surface area contributed by atoms with Crippen molar-refractivity contribution in [3.63, 3.8) is 0 Å². The van der Waals surface area contributed by atoms with Crippen LogP contribution in [0.5, 0.6) is 0 Å². The molecule has 0 unspecified atom stereocenters. The molecule has 0 aliphatic heterocycles. The van der Waals surface area contributed by atoms with Crippen LogP contribution in [0.1, 0.15) is 10.4 Å². The van der Waals surface area contributed by atoms with Crippen LogP contribution in [0.2, 0.25) is 0 Å².